The van der Waals surface area contributed by atoms with Crippen LogP contribution in [0.3, 0.4) is 0 Å². The number of nitrogens with zero attached hydrogens (tertiary/aromatic N) is 7. The minimum atomic E-state index is -0.724. The number of aryl methyl sites for hydroxylation is 1. The number of ketones is 1. The van der Waals surface area contributed by atoms with Crippen molar-refractivity contribution in [1.82, 2.24) is 30.4 Å². The van der Waals surface area contributed by atoms with Crippen LogP contribution in [-0.4, -0.2) is 43.3 Å². The number of ether oxygens (including phenoxy) is 3. The molecule has 5 aromatic carbocycles. The van der Waals surface area contributed by atoms with Crippen LogP contribution in [0.15, 0.2) is 104 Å². The molecule has 362 valence electrons. The Labute approximate surface area is 428 Å². The number of methoxy groups -OCH3 is 1. The van der Waals surface area contributed by atoms with Gasteiger partial charge in [-0.25, -0.2) is 13.8 Å². The maximum absolute atomic E-state index is 15.4. The van der Waals surface area contributed by atoms with Crippen LogP contribution in [0.1, 0.15) is 68.3 Å². The van der Waals surface area contributed by atoms with Crippen LogP contribution < -0.4 is 9.47 Å². The number of carbonyl (C=O) groups excluding carboxylic acids is 1. The zero-order valence-corrected chi connectivity index (χ0v) is 41.1. The molecule has 0 unspecified atom stereocenters. The van der Waals surface area contributed by atoms with Crippen LogP contribution >= 0.6 is 46.4 Å². The second kappa shape index (κ2) is 22.0. The normalized spacial score (nSPS) is 10.9. The summed E-state index contributed by atoms with van der Waals surface area (Å²) in [7, 11) is 1.53. The molecule has 72 heavy (non-hydrogen) atoms. The number of nitriles is 2. The summed E-state index contributed by atoms with van der Waals surface area (Å²) >= 11 is 24.4. The quantitative estimate of drug-likeness (QED) is 0.100. The molecule has 0 atom stereocenters. The van der Waals surface area contributed by atoms with Gasteiger partial charge in [-0.2, -0.15) is 10.5 Å². The molecule has 0 saturated heterocycles. The molecule has 9 aromatic rings. The van der Waals surface area contributed by atoms with E-state index in [1.165, 1.54) is 74.7 Å². The molecule has 21 heteroatoms. The largest absolute Gasteiger partial charge is 0.453 e. The van der Waals surface area contributed by atoms with Crippen molar-refractivity contribution in [2.45, 2.75) is 40.2 Å². The molecule has 0 spiro atoms. The standard InChI is InChI=1S/C26H15Cl2FN4O3.C25H19Cl2FN4O4/c1-14-23(31-25(34-14)16-5-3-2-4-6-16)26-33-32-21(36-26)11-17-7-8-20(28)24(22(17)29)35-19-10-15(13-30)9-18(27)12-19;1-12-21(13(2)33)19(11-34-3)30-23(12)25-32-31-20(36-25)8-15-4-5-18(27)24(22(15)28)35-17-7-14(10-29)6-16(26)9-17/h2-10,12H,11H2,1H3;4-7,9,30H,8,11H2,1-3H3. The summed E-state index contributed by atoms with van der Waals surface area (Å²) in [5.74, 6) is -0.112. The monoisotopic (exact) mass is 1050 g/mol. The Balaban J connectivity index is 0.000000193. The van der Waals surface area contributed by atoms with E-state index in [-0.39, 0.29) is 114 Å². The fourth-order valence-corrected chi connectivity index (χ4v) is 8.11. The van der Waals surface area contributed by atoms with Gasteiger partial charge in [0, 0.05) is 39.4 Å². The van der Waals surface area contributed by atoms with E-state index in [4.69, 9.17) is 84.4 Å². The van der Waals surface area contributed by atoms with E-state index in [0.29, 0.717) is 39.9 Å². The van der Waals surface area contributed by atoms with Gasteiger partial charge in [0.25, 0.3) is 11.8 Å². The number of oxazole rings is 1. The maximum Gasteiger partial charge on any atom is 0.269 e. The summed E-state index contributed by atoms with van der Waals surface area (Å²) < 4.78 is 64.4. The minimum Gasteiger partial charge on any atom is -0.453 e. The molecule has 0 radical (unpaired) electrons. The van der Waals surface area contributed by atoms with Gasteiger partial charge in [-0.05, 0) is 87.0 Å². The van der Waals surface area contributed by atoms with E-state index in [1.54, 1.807) is 13.8 Å². The predicted octanol–water partition coefficient (Wildman–Crippen LogP) is 13.8. The Bertz CT molecular complexity index is 3580. The predicted molar refractivity (Wildman–Crippen MR) is 260 cm³/mol. The summed E-state index contributed by atoms with van der Waals surface area (Å²) in [6, 6.07) is 28.0. The highest BCUT2D eigenvalue weighted by Gasteiger charge is 2.25. The van der Waals surface area contributed by atoms with E-state index in [9.17, 15) is 4.79 Å². The molecular formula is C51H34Cl4F2N8O7. The van der Waals surface area contributed by atoms with Gasteiger partial charge in [0.15, 0.2) is 34.6 Å². The Morgan fingerprint density at radius 1 is 0.694 bits per heavy atom. The number of hydrogen-bond acceptors (Lipinski definition) is 14. The molecule has 4 heterocycles. The van der Waals surface area contributed by atoms with Crippen LogP contribution in [0.25, 0.3) is 34.6 Å². The first-order chi connectivity index (χ1) is 34.6. The van der Waals surface area contributed by atoms with Crippen LogP contribution in [0.4, 0.5) is 8.78 Å². The summed E-state index contributed by atoms with van der Waals surface area (Å²) in [5.41, 5.74) is 4.38. The van der Waals surface area contributed by atoms with Crippen molar-refractivity contribution in [2.75, 3.05) is 7.11 Å². The number of rotatable bonds is 14. The number of benzene rings is 5. The lowest BCUT2D eigenvalue weighted by Crippen LogP contribution is -1.99. The molecule has 0 aliphatic carbocycles. The Morgan fingerprint density at radius 3 is 1.74 bits per heavy atom. The maximum atomic E-state index is 15.4. The number of aromatic nitrogens is 6. The third kappa shape index (κ3) is 11.3. The van der Waals surface area contributed by atoms with E-state index < -0.39 is 11.6 Å². The Hall–Kier alpha value is -7.90. The van der Waals surface area contributed by atoms with E-state index in [0.717, 1.165) is 5.56 Å². The number of Topliss-reactive ketones (excluding diaryl/α,β-unsaturated/α-hetero) is 1. The van der Waals surface area contributed by atoms with Crippen molar-refractivity contribution in [2.24, 2.45) is 0 Å². The minimum absolute atomic E-state index is 0.0200. The van der Waals surface area contributed by atoms with Gasteiger partial charge in [-0.15, -0.1) is 20.4 Å². The molecule has 0 fully saturated rings. The number of hydrogen-bond donors (Lipinski definition) is 1. The Kier molecular flexibility index (Phi) is 15.4. The van der Waals surface area contributed by atoms with Crippen molar-refractivity contribution < 1.29 is 41.0 Å². The highest BCUT2D eigenvalue weighted by molar-refractivity contribution is 6.32. The third-order valence-corrected chi connectivity index (χ3v) is 11.5. The number of carbonyl (C=O) groups is 1. The van der Waals surface area contributed by atoms with Crippen LogP contribution in [0, 0.1) is 48.1 Å². The van der Waals surface area contributed by atoms with Crippen molar-refractivity contribution in [3.63, 3.8) is 0 Å². The third-order valence-electron chi connectivity index (χ3n) is 10.5. The first-order valence-corrected chi connectivity index (χ1v) is 22.7. The zero-order valence-electron chi connectivity index (χ0n) is 38.0. The van der Waals surface area contributed by atoms with Crippen molar-refractivity contribution in [1.29, 1.82) is 10.5 Å². The van der Waals surface area contributed by atoms with Gasteiger partial charge in [0.05, 0.1) is 58.5 Å². The van der Waals surface area contributed by atoms with Gasteiger partial charge in [0.1, 0.15) is 23.0 Å². The first-order valence-electron chi connectivity index (χ1n) is 21.2. The highest BCUT2D eigenvalue weighted by atomic mass is 35.5. The second-order valence-electron chi connectivity index (χ2n) is 15.6. The SMILES string of the molecule is COCc1[nH]c(-c2nnc(Cc3ccc(Cl)c(Oc4cc(Cl)cc(C#N)c4)c3F)o2)c(C)c1C(C)=O.Cc1oc(-c2ccccc2)nc1-c1nnc(Cc2ccc(Cl)c(Oc3cc(Cl)cc(C#N)c3)c2F)o1. The number of H-pyrrole nitrogens is 1. The van der Waals surface area contributed by atoms with E-state index in [1.807, 2.05) is 42.5 Å². The molecule has 0 aliphatic rings. The summed E-state index contributed by atoms with van der Waals surface area (Å²) in [6.07, 6.45) is -0.0661. The van der Waals surface area contributed by atoms with Crippen LogP contribution in [0.2, 0.25) is 20.1 Å². The van der Waals surface area contributed by atoms with Gasteiger partial charge in [0.2, 0.25) is 17.7 Å². The smallest absolute Gasteiger partial charge is 0.269 e. The summed E-state index contributed by atoms with van der Waals surface area (Å²) in [5, 5.41) is 35.0. The summed E-state index contributed by atoms with van der Waals surface area (Å²) in [4.78, 5) is 19.7. The number of nitrogens with one attached hydrogen (secondary N) is 1. The molecule has 0 saturated carbocycles. The second-order valence-corrected chi connectivity index (χ2v) is 17.3. The molecule has 9 rings (SSSR count). The first kappa shape index (κ1) is 50.5. The van der Waals surface area contributed by atoms with Crippen molar-refractivity contribution >= 4 is 52.2 Å². The highest BCUT2D eigenvalue weighted by Crippen LogP contribution is 2.38. The van der Waals surface area contributed by atoms with Crippen molar-refractivity contribution in [3.05, 3.63) is 179 Å². The lowest BCUT2D eigenvalue weighted by molar-refractivity contribution is 0.101. The zero-order chi connectivity index (χ0) is 51.2. The van der Waals surface area contributed by atoms with Gasteiger partial charge < -0.3 is 32.4 Å². The van der Waals surface area contributed by atoms with Crippen LogP contribution in [0.5, 0.6) is 23.0 Å². The molecule has 15 nitrogen and oxygen atoms in total. The fraction of sp³-hybridized carbons (Fsp3) is 0.137. The topological polar surface area (TPSA) is 212 Å². The lowest BCUT2D eigenvalue weighted by atomic mass is 10.1. The van der Waals surface area contributed by atoms with Crippen molar-refractivity contribution in [3.8, 4) is 69.8 Å². The molecule has 0 bridgehead atoms. The number of aromatic amines is 1. The lowest BCUT2D eigenvalue weighted by Gasteiger charge is -2.11. The van der Waals surface area contributed by atoms with Gasteiger partial charge in [-0.3, -0.25) is 4.79 Å². The summed E-state index contributed by atoms with van der Waals surface area (Å²) in [6.45, 7) is 5.18. The van der Waals surface area contributed by atoms with E-state index in [2.05, 4.69) is 30.4 Å². The van der Waals surface area contributed by atoms with E-state index >= 15 is 8.78 Å². The molecule has 1 N–H and O–H groups in total. The Morgan fingerprint density at radius 2 is 1.22 bits per heavy atom. The molecule has 4 aromatic heterocycles. The molecular weight excluding hydrogens is 1020 g/mol. The van der Waals surface area contributed by atoms with Crippen LogP contribution in [-0.2, 0) is 24.2 Å². The number of halogens is 6. The van der Waals surface area contributed by atoms with Gasteiger partial charge >= 0.3 is 0 Å². The average Bonchev–Trinajstić information content (AvgIpc) is 4.18. The molecule has 0 amide bonds. The fourth-order valence-electron chi connectivity index (χ4n) is 7.29. The molecule has 0 aliphatic heterocycles. The van der Waals surface area contributed by atoms with Gasteiger partial charge in [-0.1, -0.05) is 76.7 Å². The average molecular weight is 1050 g/mol.